The fourth-order valence-electron chi connectivity index (χ4n) is 3.71. The number of aromatic nitrogens is 1. The predicted octanol–water partition coefficient (Wildman–Crippen LogP) is 2.68. The van der Waals surface area contributed by atoms with E-state index in [0.717, 1.165) is 21.5 Å². The zero-order valence-corrected chi connectivity index (χ0v) is 19.3. The molecule has 1 aliphatic heterocycles. The molecule has 0 atom stereocenters. The number of rotatable bonds is 4. The molecule has 4 rings (SSSR count). The Balaban J connectivity index is 1.53. The Morgan fingerprint density at radius 1 is 1.13 bits per heavy atom. The minimum absolute atomic E-state index is 0.215. The number of hydrogen-bond donors (Lipinski definition) is 2. The van der Waals surface area contributed by atoms with E-state index in [1.54, 1.807) is 12.1 Å². The third-order valence-electron chi connectivity index (χ3n) is 5.44. The highest BCUT2D eigenvalue weighted by molar-refractivity contribution is 7.89. The maximum atomic E-state index is 12.9. The van der Waals surface area contributed by atoms with Crippen LogP contribution in [0.4, 0.5) is 11.4 Å². The van der Waals surface area contributed by atoms with Crippen LogP contribution in [-0.2, 0) is 10.0 Å². The second kappa shape index (κ2) is 8.19. The molecule has 1 aliphatic rings. The normalized spacial score (nSPS) is 16.0. The van der Waals surface area contributed by atoms with Crippen LogP contribution in [0.3, 0.4) is 0 Å². The first-order valence-electron chi connectivity index (χ1n) is 9.93. The van der Waals surface area contributed by atoms with Crippen LogP contribution in [0.5, 0.6) is 0 Å². The number of anilines is 2. The van der Waals surface area contributed by atoms with Crippen LogP contribution in [0.25, 0.3) is 10.2 Å². The number of carbonyl (C=O) groups excluding carboxylic acids is 1. The third-order valence-corrected chi connectivity index (χ3v) is 8.45. The van der Waals surface area contributed by atoms with Crippen molar-refractivity contribution in [2.24, 2.45) is 0 Å². The number of nitrogens with two attached hydrogens (primary N) is 1. The molecule has 0 saturated carbocycles. The lowest BCUT2D eigenvalue weighted by molar-refractivity contribution is 0.103. The first kappa shape index (κ1) is 21.7. The van der Waals surface area contributed by atoms with Crippen molar-refractivity contribution in [1.82, 2.24) is 14.2 Å². The number of carbonyl (C=O) groups is 1. The maximum absolute atomic E-state index is 12.9. The third kappa shape index (κ3) is 4.16. The van der Waals surface area contributed by atoms with Crippen molar-refractivity contribution in [2.45, 2.75) is 18.7 Å². The Kier molecular flexibility index (Phi) is 5.73. The number of nitrogens with one attached hydrogen (secondary N) is 1. The molecule has 10 heteroatoms. The molecule has 0 bridgehead atoms. The Labute approximate surface area is 185 Å². The van der Waals surface area contributed by atoms with Crippen LogP contribution in [0.1, 0.15) is 20.9 Å². The van der Waals surface area contributed by atoms with Crippen molar-refractivity contribution in [3.63, 3.8) is 0 Å². The first-order chi connectivity index (χ1) is 14.7. The first-order valence-corrected chi connectivity index (χ1v) is 12.2. The smallest absolute Gasteiger partial charge is 0.267 e. The number of hydrogen-bond acceptors (Lipinski definition) is 7. The summed E-state index contributed by atoms with van der Waals surface area (Å²) in [4.78, 5) is 20.7. The van der Waals surface area contributed by atoms with E-state index in [-0.39, 0.29) is 10.8 Å². The van der Waals surface area contributed by atoms with Crippen LogP contribution >= 0.6 is 11.3 Å². The Morgan fingerprint density at radius 2 is 1.77 bits per heavy atom. The van der Waals surface area contributed by atoms with Crippen LogP contribution in [-0.4, -0.2) is 61.7 Å². The van der Waals surface area contributed by atoms with Crippen LogP contribution < -0.4 is 11.1 Å². The van der Waals surface area contributed by atoms with E-state index in [2.05, 4.69) is 15.2 Å². The van der Waals surface area contributed by atoms with Gasteiger partial charge in [-0.2, -0.15) is 4.31 Å². The average Bonchev–Trinajstić information content (AvgIpc) is 3.05. The number of benzene rings is 1. The SMILES string of the molecule is Cc1cc(C)c2c(N)c(C(=O)Nc3ccc(S(=O)(=O)N4CCN(C)CC4)cc3)sc2n1. The molecule has 0 unspecified atom stereocenters. The van der Waals surface area contributed by atoms with Crippen molar-refractivity contribution in [1.29, 1.82) is 0 Å². The summed E-state index contributed by atoms with van der Waals surface area (Å²) in [6.45, 7) is 6.20. The number of nitrogen functional groups attached to an aromatic ring is 1. The number of sulfonamides is 1. The summed E-state index contributed by atoms with van der Waals surface area (Å²) in [5, 5.41) is 3.61. The van der Waals surface area contributed by atoms with Crippen molar-refractivity contribution in [2.75, 3.05) is 44.3 Å². The van der Waals surface area contributed by atoms with Gasteiger partial charge in [0.2, 0.25) is 10.0 Å². The van der Waals surface area contributed by atoms with Gasteiger partial charge < -0.3 is 16.0 Å². The molecule has 3 aromatic rings. The highest BCUT2D eigenvalue weighted by Crippen LogP contribution is 2.35. The topological polar surface area (TPSA) is 109 Å². The van der Waals surface area contributed by atoms with E-state index < -0.39 is 10.0 Å². The average molecular weight is 460 g/mol. The van der Waals surface area contributed by atoms with Crippen LogP contribution in [0, 0.1) is 13.8 Å². The fourth-order valence-corrected chi connectivity index (χ4v) is 6.25. The summed E-state index contributed by atoms with van der Waals surface area (Å²) in [6.07, 6.45) is 0. The molecule has 0 spiro atoms. The fraction of sp³-hybridized carbons (Fsp3) is 0.333. The summed E-state index contributed by atoms with van der Waals surface area (Å²) >= 11 is 1.25. The lowest BCUT2D eigenvalue weighted by atomic mass is 10.1. The molecule has 0 radical (unpaired) electrons. The molecule has 1 fully saturated rings. The number of nitrogens with zero attached hydrogens (tertiary/aromatic N) is 3. The number of aryl methyl sites for hydroxylation is 2. The van der Waals surface area contributed by atoms with Crippen molar-refractivity contribution in [3.05, 3.63) is 46.5 Å². The van der Waals surface area contributed by atoms with E-state index in [1.807, 2.05) is 27.0 Å². The molecule has 3 heterocycles. The summed E-state index contributed by atoms with van der Waals surface area (Å²) in [5.41, 5.74) is 9.00. The summed E-state index contributed by atoms with van der Waals surface area (Å²) in [7, 11) is -1.57. The van der Waals surface area contributed by atoms with Gasteiger partial charge in [-0.3, -0.25) is 4.79 Å². The molecule has 3 N–H and O–H groups in total. The molecular weight excluding hydrogens is 434 g/mol. The minimum atomic E-state index is -3.55. The number of pyridine rings is 1. The number of piperazine rings is 1. The Hall–Kier alpha value is -2.53. The summed E-state index contributed by atoms with van der Waals surface area (Å²) in [6, 6.07) is 8.17. The molecule has 1 aromatic carbocycles. The monoisotopic (exact) mass is 459 g/mol. The number of amides is 1. The lowest BCUT2D eigenvalue weighted by Crippen LogP contribution is -2.46. The quantitative estimate of drug-likeness (QED) is 0.621. The molecular formula is C21H25N5O3S2. The van der Waals surface area contributed by atoms with Crippen molar-refractivity contribution < 1.29 is 13.2 Å². The Morgan fingerprint density at radius 3 is 2.42 bits per heavy atom. The van der Waals surface area contributed by atoms with E-state index in [1.165, 1.54) is 27.8 Å². The van der Waals surface area contributed by atoms with Crippen molar-refractivity contribution in [3.8, 4) is 0 Å². The summed E-state index contributed by atoms with van der Waals surface area (Å²) in [5.74, 6) is -0.341. The highest BCUT2D eigenvalue weighted by atomic mass is 32.2. The van der Waals surface area contributed by atoms with E-state index in [9.17, 15) is 13.2 Å². The molecule has 0 aliphatic carbocycles. The summed E-state index contributed by atoms with van der Waals surface area (Å²) < 4.78 is 27.2. The van der Waals surface area contributed by atoms with Gasteiger partial charge >= 0.3 is 0 Å². The maximum Gasteiger partial charge on any atom is 0.267 e. The van der Waals surface area contributed by atoms with E-state index >= 15 is 0 Å². The molecule has 1 amide bonds. The van der Waals surface area contributed by atoms with Gasteiger partial charge in [-0.05, 0) is 56.8 Å². The minimum Gasteiger partial charge on any atom is -0.397 e. The van der Waals surface area contributed by atoms with E-state index in [4.69, 9.17) is 5.73 Å². The van der Waals surface area contributed by atoms with E-state index in [0.29, 0.717) is 42.4 Å². The molecule has 31 heavy (non-hydrogen) atoms. The van der Waals surface area contributed by atoms with Crippen LogP contribution in [0.15, 0.2) is 35.2 Å². The molecule has 2 aromatic heterocycles. The van der Waals surface area contributed by atoms with Gasteiger partial charge in [0, 0.05) is 42.9 Å². The predicted molar refractivity (Wildman–Crippen MR) is 124 cm³/mol. The largest absolute Gasteiger partial charge is 0.397 e. The van der Waals surface area contributed by atoms with Gasteiger partial charge in [-0.25, -0.2) is 13.4 Å². The Bertz CT molecular complexity index is 1240. The lowest BCUT2D eigenvalue weighted by Gasteiger charge is -2.31. The van der Waals surface area contributed by atoms with Gasteiger partial charge in [-0.15, -0.1) is 11.3 Å². The van der Waals surface area contributed by atoms with Gasteiger partial charge in [0.25, 0.3) is 5.91 Å². The number of thiophene rings is 1. The van der Waals surface area contributed by atoms with Crippen molar-refractivity contribution >= 4 is 48.9 Å². The molecule has 8 nitrogen and oxygen atoms in total. The number of fused-ring (bicyclic) bond motifs is 1. The standard InChI is InChI=1S/C21H25N5O3S2/c1-13-12-14(2)23-21-17(13)18(22)19(30-21)20(27)24-15-4-6-16(7-5-15)31(28,29)26-10-8-25(3)9-11-26/h4-7,12H,8-11,22H2,1-3H3,(H,24,27). The zero-order chi connectivity index (χ0) is 22.3. The van der Waals surface area contributed by atoms with Gasteiger partial charge in [-0.1, -0.05) is 0 Å². The second-order valence-corrected chi connectivity index (χ2v) is 10.7. The number of likely N-dealkylation sites (N-methyl/N-ethyl adjacent to an activating group) is 1. The van der Waals surface area contributed by atoms with Gasteiger partial charge in [0.1, 0.15) is 9.71 Å². The van der Waals surface area contributed by atoms with Gasteiger partial charge in [0.15, 0.2) is 0 Å². The molecule has 164 valence electrons. The van der Waals surface area contributed by atoms with Gasteiger partial charge in [0.05, 0.1) is 10.6 Å². The molecule has 1 saturated heterocycles. The zero-order valence-electron chi connectivity index (χ0n) is 17.7. The second-order valence-electron chi connectivity index (χ2n) is 7.79. The highest BCUT2D eigenvalue weighted by Gasteiger charge is 2.27. The van der Waals surface area contributed by atoms with Crippen LogP contribution in [0.2, 0.25) is 0 Å².